The van der Waals surface area contributed by atoms with Crippen molar-refractivity contribution in [2.45, 2.75) is 51.2 Å². The molecular formula is C16H23N3O3. The second-order valence-corrected chi connectivity index (χ2v) is 6.23. The van der Waals surface area contributed by atoms with Crippen molar-refractivity contribution in [3.63, 3.8) is 0 Å². The first kappa shape index (κ1) is 16.3. The predicted molar refractivity (Wildman–Crippen MR) is 84.0 cm³/mol. The van der Waals surface area contributed by atoms with Gasteiger partial charge in [0.1, 0.15) is 5.75 Å². The van der Waals surface area contributed by atoms with Gasteiger partial charge >= 0.3 is 0 Å². The van der Waals surface area contributed by atoms with Crippen LogP contribution in [0.4, 0.5) is 5.95 Å². The van der Waals surface area contributed by atoms with Crippen molar-refractivity contribution < 1.29 is 15.0 Å². The lowest BCUT2D eigenvalue weighted by Gasteiger charge is -2.29. The van der Waals surface area contributed by atoms with Crippen LogP contribution in [0, 0.1) is 0 Å². The molecule has 1 aliphatic carbocycles. The van der Waals surface area contributed by atoms with E-state index in [4.69, 9.17) is 0 Å². The van der Waals surface area contributed by atoms with Gasteiger partial charge in [0.05, 0.1) is 12.0 Å². The van der Waals surface area contributed by atoms with E-state index in [1.54, 1.807) is 32.2 Å². The number of carbonyl (C=O) groups excluding carboxylic acids is 1. The number of aromatic nitrogens is 2. The van der Waals surface area contributed by atoms with Crippen LogP contribution in [0.15, 0.2) is 30.6 Å². The van der Waals surface area contributed by atoms with Crippen molar-refractivity contribution in [3.8, 4) is 5.75 Å². The molecule has 1 saturated carbocycles. The third-order valence-corrected chi connectivity index (χ3v) is 3.51. The van der Waals surface area contributed by atoms with Crippen LogP contribution in [0.1, 0.15) is 45.6 Å². The van der Waals surface area contributed by atoms with Gasteiger partial charge in [0.2, 0.25) is 11.9 Å². The van der Waals surface area contributed by atoms with E-state index in [0.717, 1.165) is 19.3 Å². The lowest BCUT2D eigenvalue weighted by molar-refractivity contribution is -0.119. The average Bonchev–Trinajstić information content (AvgIpc) is 2.40. The normalized spacial score (nSPS) is 14.9. The highest BCUT2D eigenvalue weighted by molar-refractivity contribution is 5.89. The van der Waals surface area contributed by atoms with Crippen molar-refractivity contribution in [2.75, 3.05) is 5.32 Å². The van der Waals surface area contributed by atoms with E-state index >= 15 is 0 Å². The van der Waals surface area contributed by atoms with E-state index in [9.17, 15) is 15.0 Å². The molecule has 6 nitrogen and oxygen atoms in total. The molecule has 0 spiro atoms. The Morgan fingerprint density at radius 2 is 2.18 bits per heavy atom. The molecule has 0 radical (unpaired) electrons. The number of anilines is 1. The monoisotopic (exact) mass is 305 g/mol. The van der Waals surface area contributed by atoms with E-state index in [1.807, 2.05) is 4.57 Å². The standard InChI is InChI=1S/C16H23N3O3/c1-16(2,22)11-14(21)18-15-17-9-4-7-13(20)8-10-19(15)12-5-3-6-12/h4,7-10,12,20,22H,3,5-6,11H2,1-2H3,(H,17,18,21). The minimum Gasteiger partial charge on any atom is -0.508 e. The third kappa shape index (κ3) is 4.73. The summed E-state index contributed by atoms with van der Waals surface area (Å²) < 4.78 is 1.87. The minimum absolute atomic E-state index is 0.0124. The smallest absolute Gasteiger partial charge is 0.229 e. The highest BCUT2D eigenvalue weighted by atomic mass is 16.3. The van der Waals surface area contributed by atoms with Gasteiger partial charge in [-0.3, -0.25) is 10.1 Å². The summed E-state index contributed by atoms with van der Waals surface area (Å²) in [6.45, 7) is 3.17. The lowest BCUT2D eigenvalue weighted by Crippen LogP contribution is -2.29. The Morgan fingerprint density at radius 1 is 1.45 bits per heavy atom. The van der Waals surface area contributed by atoms with Gasteiger partial charge in [0, 0.05) is 18.4 Å². The topological polar surface area (TPSA) is 87.4 Å². The zero-order valence-corrected chi connectivity index (χ0v) is 13.0. The second-order valence-electron chi connectivity index (χ2n) is 6.23. The van der Waals surface area contributed by atoms with Gasteiger partial charge in [-0.25, -0.2) is 4.98 Å². The Kier molecular flexibility index (Phi) is 5.03. The summed E-state index contributed by atoms with van der Waals surface area (Å²) in [5.74, 6) is 0.239. The summed E-state index contributed by atoms with van der Waals surface area (Å²) in [6, 6.07) is 4.97. The third-order valence-electron chi connectivity index (χ3n) is 3.51. The molecular weight excluding hydrogens is 282 g/mol. The summed E-state index contributed by atoms with van der Waals surface area (Å²) in [4.78, 5) is 16.3. The van der Waals surface area contributed by atoms with E-state index in [1.165, 1.54) is 12.3 Å². The van der Waals surface area contributed by atoms with Crippen LogP contribution >= 0.6 is 0 Å². The maximum atomic E-state index is 12.1. The fourth-order valence-corrected chi connectivity index (χ4v) is 2.22. The highest BCUT2D eigenvalue weighted by Crippen LogP contribution is 2.33. The van der Waals surface area contributed by atoms with Gasteiger partial charge in [-0.2, -0.15) is 0 Å². The van der Waals surface area contributed by atoms with Gasteiger partial charge in [-0.1, -0.05) is 0 Å². The van der Waals surface area contributed by atoms with Crippen molar-refractivity contribution in [3.05, 3.63) is 30.6 Å². The number of nitrogens with zero attached hydrogens (tertiary/aromatic N) is 2. The first-order valence-electron chi connectivity index (χ1n) is 7.47. The molecule has 1 heterocycles. The Morgan fingerprint density at radius 3 is 2.77 bits per heavy atom. The molecule has 0 aliphatic heterocycles. The summed E-state index contributed by atoms with van der Waals surface area (Å²) in [7, 11) is 0. The van der Waals surface area contributed by atoms with Crippen LogP contribution in [0.3, 0.4) is 0 Å². The summed E-state index contributed by atoms with van der Waals surface area (Å²) >= 11 is 0. The number of hydrogen-bond acceptors (Lipinski definition) is 4. The maximum Gasteiger partial charge on any atom is 0.229 e. The number of hydrogen-bond donors (Lipinski definition) is 3. The zero-order chi connectivity index (χ0) is 16.2. The maximum absolute atomic E-state index is 12.1. The van der Waals surface area contributed by atoms with Crippen LogP contribution in [-0.4, -0.2) is 31.3 Å². The Hall–Kier alpha value is -2.08. The second kappa shape index (κ2) is 6.79. The molecule has 0 unspecified atom stereocenters. The van der Waals surface area contributed by atoms with Crippen LogP contribution in [-0.2, 0) is 4.79 Å². The van der Waals surface area contributed by atoms with Crippen molar-refractivity contribution in [2.24, 2.45) is 0 Å². The SMILES string of the molecule is CC(C)(O)CC(=O)Nc1ncccc(O)ccn1C1CCC1. The Bertz CT molecular complexity index is 585. The molecule has 22 heavy (non-hydrogen) atoms. The fourth-order valence-electron chi connectivity index (χ4n) is 2.22. The Balaban J connectivity index is 2.33. The van der Waals surface area contributed by atoms with Crippen LogP contribution in [0.2, 0.25) is 0 Å². The molecule has 6 heteroatoms. The molecule has 120 valence electrons. The molecule has 1 aromatic heterocycles. The molecule has 1 aliphatic rings. The van der Waals surface area contributed by atoms with Crippen molar-refractivity contribution >= 4 is 11.9 Å². The first-order chi connectivity index (χ1) is 10.3. The number of amides is 1. The quantitative estimate of drug-likeness (QED) is 0.797. The fraction of sp³-hybridized carbons (Fsp3) is 0.500. The molecule has 0 atom stereocenters. The van der Waals surface area contributed by atoms with E-state index in [-0.39, 0.29) is 24.1 Å². The molecule has 3 N–H and O–H groups in total. The van der Waals surface area contributed by atoms with E-state index < -0.39 is 5.60 Å². The number of nitrogens with one attached hydrogen (secondary N) is 1. The molecule has 0 saturated heterocycles. The number of aliphatic hydroxyl groups is 1. The van der Waals surface area contributed by atoms with E-state index in [2.05, 4.69) is 10.3 Å². The van der Waals surface area contributed by atoms with Crippen LogP contribution in [0.5, 0.6) is 5.75 Å². The lowest BCUT2D eigenvalue weighted by atomic mass is 9.93. The van der Waals surface area contributed by atoms with Gasteiger partial charge in [-0.15, -0.1) is 0 Å². The average molecular weight is 305 g/mol. The van der Waals surface area contributed by atoms with Crippen molar-refractivity contribution in [1.29, 1.82) is 0 Å². The van der Waals surface area contributed by atoms with Crippen LogP contribution in [0.25, 0.3) is 0 Å². The molecule has 1 amide bonds. The predicted octanol–water partition coefficient (Wildman–Crippen LogP) is 2.54. The van der Waals surface area contributed by atoms with Crippen LogP contribution < -0.4 is 5.32 Å². The largest absolute Gasteiger partial charge is 0.508 e. The number of rotatable bonds is 4. The summed E-state index contributed by atoms with van der Waals surface area (Å²) in [6.07, 6.45) is 6.40. The molecule has 1 aromatic rings. The molecule has 0 bridgehead atoms. The summed E-state index contributed by atoms with van der Waals surface area (Å²) in [5, 5.41) is 22.2. The highest BCUT2D eigenvalue weighted by Gasteiger charge is 2.23. The molecule has 1 fully saturated rings. The van der Waals surface area contributed by atoms with Gasteiger partial charge < -0.3 is 14.8 Å². The van der Waals surface area contributed by atoms with Gasteiger partial charge in [0.15, 0.2) is 0 Å². The number of carbonyl (C=O) groups is 1. The van der Waals surface area contributed by atoms with Gasteiger partial charge in [0.25, 0.3) is 0 Å². The van der Waals surface area contributed by atoms with E-state index in [0.29, 0.717) is 5.95 Å². The number of aromatic hydroxyl groups is 1. The van der Waals surface area contributed by atoms with Gasteiger partial charge in [-0.05, 0) is 51.3 Å². The minimum atomic E-state index is -1.07. The molecule has 0 aromatic carbocycles. The van der Waals surface area contributed by atoms with Crippen molar-refractivity contribution in [1.82, 2.24) is 9.55 Å². The Labute approximate surface area is 130 Å². The first-order valence-corrected chi connectivity index (χ1v) is 7.47. The molecule has 2 rings (SSSR count). The summed E-state index contributed by atoms with van der Waals surface area (Å²) in [5.41, 5.74) is -1.07. The zero-order valence-electron chi connectivity index (χ0n) is 13.0.